The van der Waals surface area contributed by atoms with Gasteiger partial charge in [0, 0.05) is 5.57 Å². The molecule has 1 amide bonds. The van der Waals surface area contributed by atoms with Crippen LogP contribution in [0.5, 0.6) is 0 Å². The van der Waals surface area contributed by atoms with Crippen molar-refractivity contribution >= 4 is 12.1 Å². The van der Waals surface area contributed by atoms with Gasteiger partial charge in [-0.3, -0.25) is 0 Å². The first-order chi connectivity index (χ1) is 6.83. The number of hydrogen-bond acceptors (Lipinski definition) is 4. The first-order valence-electron chi connectivity index (χ1n) is 4.49. The summed E-state index contributed by atoms with van der Waals surface area (Å²) in [6.45, 7) is 6.02. The van der Waals surface area contributed by atoms with E-state index in [2.05, 4.69) is 11.3 Å². The lowest BCUT2D eigenvalue weighted by Crippen LogP contribution is -2.51. The van der Waals surface area contributed by atoms with Crippen LogP contribution in [0.2, 0.25) is 0 Å². The summed E-state index contributed by atoms with van der Waals surface area (Å²) in [5.41, 5.74) is 0.234. The van der Waals surface area contributed by atoms with Gasteiger partial charge < -0.3 is 9.84 Å². The third-order valence-electron chi connectivity index (χ3n) is 1.92. The second-order valence-corrected chi connectivity index (χ2v) is 3.16. The number of nitrogens with zero attached hydrogens (tertiary/aromatic N) is 1. The number of carbonyl (C=O) groups is 2. The van der Waals surface area contributed by atoms with Crippen molar-refractivity contribution in [2.45, 2.75) is 13.8 Å². The van der Waals surface area contributed by atoms with E-state index in [1.54, 1.807) is 0 Å². The molecule has 1 atom stereocenters. The minimum Gasteiger partial charge on any atom is -0.456 e. The predicted octanol–water partition coefficient (Wildman–Crippen LogP) is 1.01. The number of likely N-dealkylation sites (N-methyl/N-ethyl adjacent to an activating group) is 1. The van der Waals surface area contributed by atoms with Gasteiger partial charge in [0.15, 0.2) is 6.54 Å². The third kappa shape index (κ3) is 4.09. The van der Waals surface area contributed by atoms with E-state index in [0.717, 1.165) is 0 Å². The Balaban J connectivity index is 4.09. The van der Waals surface area contributed by atoms with Gasteiger partial charge in [0.2, 0.25) is 0 Å². The monoisotopic (exact) mass is 218 g/mol. The number of carboxylic acid groups (broad SMARTS) is 1. The quantitative estimate of drug-likeness (QED) is 0.236. The molecule has 15 heavy (non-hydrogen) atoms. The van der Waals surface area contributed by atoms with Crippen LogP contribution in [0.15, 0.2) is 12.2 Å². The average Bonchev–Trinajstić information content (AvgIpc) is 2.16. The van der Waals surface area contributed by atoms with E-state index in [1.807, 2.05) is 0 Å². The second kappa shape index (κ2) is 5.47. The Morgan fingerprint density at radius 2 is 2.00 bits per heavy atom. The van der Waals surface area contributed by atoms with E-state index < -0.39 is 16.7 Å². The van der Waals surface area contributed by atoms with E-state index in [4.69, 9.17) is 5.11 Å². The first kappa shape index (κ1) is 13.6. The van der Waals surface area contributed by atoms with Crippen molar-refractivity contribution < 1.29 is 29.3 Å². The van der Waals surface area contributed by atoms with Gasteiger partial charge >= 0.3 is 12.1 Å². The Morgan fingerprint density at radius 3 is 2.33 bits per heavy atom. The van der Waals surface area contributed by atoms with Crippen LogP contribution < -0.4 is 0 Å². The van der Waals surface area contributed by atoms with E-state index in [0.29, 0.717) is 0 Å². The van der Waals surface area contributed by atoms with Crippen molar-refractivity contribution in [3.05, 3.63) is 12.2 Å². The van der Waals surface area contributed by atoms with Gasteiger partial charge in [-0.25, -0.2) is 10.0 Å². The predicted molar refractivity (Wildman–Crippen MR) is 51.3 cm³/mol. The molecule has 0 saturated carbocycles. The van der Waals surface area contributed by atoms with Gasteiger partial charge in [0.05, 0.1) is 0 Å². The van der Waals surface area contributed by atoms with Crippen LogP contribution in [0.1, 0.15) is 13.8 Å². The molecular formula is C9H16NO5+. The molecule has 0 heterocycles. The smallest absolute Gasteiger partial charge is 0.456 e. The highest BCUT2D eigenvalue weighted by molar-refractivity contribution is 5.86. The van der Waals surface area contributed by atoms with Crippen LogP contribution in [0.3, 0.4) is 0 Å². The Kier molecular flexibility index (Phi) is 4.96. The fourth-order valence-corrected chi connectivity index (χ4v) is 0.802. The molecule has 0 saturated heterocycles. The molecule has 0 spiro atoms. The Hall–Kier alpha value is -1.40. The van der Waals surface area contributed by atoms with E-state index in [1.165, 1.54) is 13.8 Å². The van der Waals surface area contributed by atoms with Crippen molar-refractivity contribution in [2.75, 3.05) is 19.7 Å². The number of quaternary nitrogens is 1. The highest BCUT2D eigenvalue weighted by atomic mass is 16.6. The van der Waals surface area contributed by atoms with Crippen LogP contribution in [0.25, 0.3) is 0 Å². The molecule has 0 fully saturated rings. The van der Waals surface area contributed by atoms with Crippen molar-refractivity contribution in [2.24, 2.45) is 0 Å². The molecule has 0 aromatic heterocycles. The fourth-order valence-electron chi connectivity index (χ4n) is 0.802. The van der Waals surface area contributed by atoms with E-state index >= 15 is 0 Å². The molecule has 6 heteroatoms. The number of hydrogen-bond donors (Lipinski definition) is 2. The number of carbonyl (C=O) groups excluding carboxylic acids is 1. The van der Waals surface area contributed by atoms with Gasteiger partial charge in [-0.15, -0.1) is 0 Å². The minimum absolute atomic E-state index is 0.0000444. The molecule has 2 N–H and O–H groups in total. The maximum atomic E-state index is 10.9. The van der Waals surface area contributed by atoms with Gasteiger partial charge in [-0.05, 0) is 13.8 Å². The summed E-state index contributed by atoms with van der Waals surface area (Å²) in [5.74, 6) is -0.594. The zero-order valence-electron chi connectivity index (χ0n) is 8.89. The number of esters is 1. The van der Waals surface area contributed by atoms with Crippen LogP contribution in [-0.2, 0) is 9.53 Å². The summed E-state index contributed by atoms with van der Waals surface area (Å²) in [4.78, 5) is 21.6. The highest BCUT2D eigenvalue weighted by Crippen LogP contribution is 2.02. The summed E-state index contributed by atoms with van der Waals surface area (Å²) in [6, 6.07) is 0. The fraction of sp³-hybridized carbons (Fsp3) is 0.556. The Labute approximate surface area is 87.9 Å². The lowest BCUT2D eigenvalue weighted by Gasteiger charge is -2.21. The highest BCUT2D eigenvalue weighted by Gasteiger charge is 2.33. The molecule has 6 nitrogen and oxygen atoms in total. The molecule has 0 bridgehead atoms. The van der Waals surface area contributed by atoms with Crippen molar-refractivity contribution in [1.29, 1.82) is 0 Å². The molecule has 1 unspecified atom stereocenters. The molecule has 0 aromatic carbocycles. The number of hydroxylamine groups is 3. The lowest BCUT2D eigenvalue weighted by molar-refractivity contribution is -1.04. The van der Waals surface area contributed by atoms with Crippen molar-refractivity contribution in [3.8, 4) is 0 Å². The molecule has 86 valence electrons. The summed E-state index contributed by atoms with van der Waals surface area (Å²) in [5, 5.41) is 18.1. The topological polar surface area (TPSA) is 83.8 Å². The minimum atomic E-state index is -1.37. The SMILES string of the molecule is C=C(C)C(=O)OCC[N+](O)(CC)C(=O)O. The van der Waals surface area contributed by atoms with Crippen LogP contribution in [-0.4, -0.2) is 46.7 Å². The van der Waals surface area contributed by atoms with Gasteiger partial charge in [-0.2, -0.15) is 4.79 Å². The summed E-state index contributed by atoms with van der Waals surface area (Å²) in [6.07, 6.45) is -1.37. The van der Waals surface area contributed by atoms with Crippen LogP contribution in [0, 0.1) is 0 Å². The van der Waals surface area contributed by atoms with Crippen LogP contribution >= 0.6 is 0 Å². The largest absolute Gasteiger partial charge is 0.547 e. The molecule has 0 aliphatic heterocycles. The molecular weight excluding hydrogens is 202 g/mol. The van der Waals surface area contributed by atoms with Gasteiger partial charge in [0.1, 0.15) is 13.2 Å². The zero-order chi connectivity index (χ0) is 12.1. The average molecular weight is 218 g/mol. The van der Waals surface area contributed by atoms with Gasteiger partial charge in [0.25, 0.3) is 0 Å². The van der Waals surface area contributed by atoms with Gasteiger partial charge in [-0.1, -0.05) is 11.2 Å². The van der Waals surface area contributed by atoms with E-state index in [-0.39, 0.29) is 25.3 Å². The first-order valence-corrected chi connectivity index (χ1v) is 4.49. The summed E-state index contributed by atoms with van der Waals surface area (Å²) in [7, 11) is 0. The lowest BCUT2D eigenvalue weighted by atomic mass is 10.4. The van der Waals surface area contributed by atoms with E-state index in [9.17, 15) is 14.8 Å². The van der Waals surface area contributed by atoms with Crippen LogP contribution in [0.4, 0.5) is 4.79 Å². The summed E-state index contributed by atoms with van der Waals surface area (Å²) < 4.78 is 3.51. The second-order valence-electron chi connectivity index (χ2n) is 3.16. The molecule has 0 aromatic rings. The maximum Gasteiger partial charge on any atom is 0.547 e. The Morgan fingerprint density at radius 1 is 1.47 bits per heavy atom. The van der Waals surface area contributed by atoms with Crippen molar-refractivity contribution in [3.63, 3.8) is 0 Å². The summed E-state index contributed by atoms with van der Waals surface area (Å²) >= 11 is 0. The third-order valence-corrected chi connectivity index (χ3v) is 1.92. The molecule has 0 radical (unpaired) electrons. The standard InChI is InChI=1S/C9H15NO5/c1-4-10(14,9(12)13)5-6-15-8(11)7(2)3/h14H,2,4-6H2,1,3H3/p+1. The molecule has 0 rings (SSSR count). The van der Waals surface area contributed by atoms with Crippen molar-refractivity contribution in [1.82, 2.24) is 0 Å². The normalized spacial score (nSPS) is 14.1. The molecule has 0 aliphatic carbocycles. The number of ether oxygens (including phenoxy) is 1. The maximum absolute atomic E-state index is 10.9. The number of amides is 1. The zero-order valence-corrected chi connectivity index (χ0v) is 8.89. The number of rotatable bonds is 5. The molecule has 0 aliphatic rings. The Bertz CT molecular complexity index is 276.